The van der Waals surface area contributed by atoms with E-state index < -0.39 is 0 Å². The van der Waals surface area contributed by atoms with Gasteiger partial charge in [-0.05, 0) is 19.4 Å². The molecule has 0 unspecified atom stereocenters. The van der Waals surface area contributed by atoms with Crippen LogP contribution in [0.3, 0.4) is 0 Å². The summed E-state index contributed by atoms with van der Waals surface area (Å²) in [5, 5.41) is 5.93. The highest BCUT2D eigenvalue weighted by Crippen LogP contribution is 2.25. The molecule has 0 aromatic carbocycles. The van der Waals surface area contributed by atoms with Crippen molar-refractivity contribution in [1.29, 1.82) is 0 Å². The van der Waals surface area contributed by atoms with E-state index in [0.717, 1.165) is 42.4 Å². The lowest BCUT2D eigenvalue weighted by Gasteiger charge is -2.30. The minimum Gasteiger partial charge on any atom is -0.340 e. The molecular formula is C15H17N5O2S. The van der Waals surface area contributed by atoms with Gasteiger partial charge in [0.2, 0.25) is 5.89 Å². The fourth-order valence-corrected chi connectivity index (χ4v) is 3.83. The van der Waals surface area contributed by atoms with Gasteiger partial charge in [-0.3, -0.25) is 14.1 Å². The van der Waals surface area contributed by atoms with Crippen LogP contribution in [0.4, 0.5) is 0 Å². The van der Waals surface area contributed by atoms with Crippen molar-refractivity contribution in [2.45, 2.75) is 32.2 Å². The second-order valence-corrected chi connectivity index (χ2v) is 6.76. The number of rotatable bonds is 3. The number of thiazole rings is 1. The normalized spacial score (nSPS) is 19.4. The van der Waals surface area contributed by atoms with Gasteiger partial charge in [-0.2, -0.15) is 4.98 Å². The third kappa shape index (κ3) is 2.91. The Hall–Kier alpha value is -2.06. The topological polar surface area (TPSA) is 76.5 Å². The Morgan fingerprint density at radius 3 is 3.17 bits per heavy atom. The zero-order valence-electron chi connectivity index (χ0n) is 12.8. The van der Waals surface area contributed by atoms with E-state index in [9.17, 15) is 4.79 Å². The van der Waals surface area contributed by atoms with E-state index in [-0.39, 0.29) is 11.5 Å². The van der Waals surface area contributed by atoms with Gasteiger partial charge in [0.05, 0.1) is 5.69 Å². The SMILES string of the molecule is Cc1nc([C@@H]2CCCN(Cc3cc(=O)n4ccsc4n3)C2)no1. The molecule has 0 radical (unpaired) electrons. The molecule has 7 nitrogen and oxygen atoms in total. The van der Waals surface area contributed by atoms with Crippen molar-refractivity contribution in [3.8, 4) is 0 Å². The molecule has 120 valence electrons. The Bertz CT molecular complexity index is 883. The lowest BCUT2D eigenvalue weighted by Crippen LogP contribution is -2.35. The predicted octanol–water partition coefficient (Wildman–Crippen LogP) is 1.83. The largest absolute Gasteiger partial charge is 0.340 e. The van der Waals surface area contributed by atoms with Gasteiger partial charge in [0.1, 0.15) is 0 Å². The van der Waals surface area contributed by atoms with Gasteiger partial charge in [0.25, 0.3) is 5.56 Å². The Kier molecular flexibility index (Phi) is 3.70. The lowest BCUT2D eigenvalue weighted by molar-refractivity contribution is 0.193. The Morgan fingerprint density at radius 1 is 1.43 bits per heavy atom. The molecule has 0 saturated carbocycles. The summed E-state index contributed by atoms with van der Waals surface area (Å²) < 4.78 is 6.67. The average molecular weight is 331 g/mol. The summed E-state index contributed by atoms with van der Waals surface area (Å²) in [6.07, 6.45) is 3.91. The van der Waals surface area contributed by atoms with Crippen LogP contribution in [-0.4, -0.2) is 37.5 Å². The third-order valence-corrected chi connectivity index (χ3v) is 4.91. The Balaban J connectivity index is 1.52. The summed E-state index contributed by atoms with van der Waals surface area (Å²) in [7, 11) is 0. The van der Waals surface area contributed by atoms with Gasteiger partial charge in [-0.25, -0.2) is 4.98 Å². The first-order chi connectivity index (χ1) is 11.2. The van der Waals surface area contributed by atoms with Crippen LogP contribution in [0.5, 0.6) is 0 Å². The molecule has 3 aromatic heterocycles. The fraction of sp³-hybridized carbons (Fsp3) is 0.467. The zero-order chi connectivity index (χ0) is 15.8. The van der Waals surface area contributed by atoms with Gasteiger partial charge in [-0.15, -0.1) is 11.3 Å². The van der Waals surface area contributed by atoms with Crippen LogP contribution < -0.4 is 5.56 Å². The number of hydrogen-bond acceptors (Lipinski definition) is 7. The highest BCUT2D eigenvalue weighted by atomic mass is 32.1. The Labute approximate surface area is 136 Å². The average Bonchev–Trinajstić information content (AvgIpc) is 3.16. The predicted molar refractivity (Wildman–Crippen MR) is 85.6 cm³/mol. The third-order valence-electron chi connectivity index (χ3n) is 4.16. The van der Waals surface area contributed by atoms with E-state index in [1.54, 1.807) is 16.7 Å². The quantitative estimate of drug-likeness (QED) is 0.729. The second kappa shape index (κ2) is 5.86. The summed E-state index contributed by atoms with van der Waals surface area (Å²) in [6.45, 7) is 4.35. The van der Waals surface area contributed by atoms with Crippen LogP contribution in [0.15, 0.2) is 27.0 Å². The molecule has 1 aliphatic heterocycles. The number of nitrogens with zero attached hydrogens (tertiary/aromatic N) is 5. The van der Waals surface area contributed by atoms with Crippen molar-refractivity contribution in [2.24, 2.45) is 0 Å². The maximum absolute atomic E-state index is 12.1. The van der Waals surface area contributed by atoms with Crippen LogP contribution in [0, 0.1) is 6.92 Å². The zero-order valence-corrected chi connectivity index (χ0v) is 13.6. The van der Waals surface area contributed by atoms with Crippen LogP contribution >= 0.6 is 11.3 Å². The Morgan fingerprint density at radius 2 is 2.35 bits per heavy atom. The van der Waals surface area contributed by atoms with Gasteiger partial charge in [0, 0.05) is 43.6 Å². The van der Waals surface area contributed by atoms with Gasteiger partial charge in [-0.1, -0.05) is 5.16 Å². The van der Waals surface area contributed by atoms with Crippen molar-refractivity contribution in [3.63, 3.8) is 0 Å². The number of aromatic nitrogens is 4. The standard InChI is InChI=1S/C15H17N5O2S/c1-10-16-14(18-22-10)11-3-2-4-19(8-11)9-12-7-13(21)20-5-6-23-15(20)17-12/h5-7,11H,2-4,8-9H2,1H3/t11-/m1/s1. The van der Waals surface area contributed by atoms with Crippen molar-refractivity contribution in [2.75, 3.05) is 13.1 Å². The summed E-state index contributed by atoms with van der Waals surface area (Å²) >= 11 is 1.48. The minimum atomic E-state index is -0.0198. The van der Waals surface area contributed by atoms with Crippen LogP contribution in [0.25, 0.3) is 4.96 Å². The number of fused-ring (bicyclic) bond motifs is 1. The highest BCUT2D eigenvalue weighted by molar-refractivity contribution is 7.15. The molecule has 0 bridgehead atoms. The molecule has 3 aromatic rings. The van der Waals surface area contributed by atoms with Gasteiger partial charge < -0.3 is 4.52 Å². The van der Waals surface area contributed by atoms with E-state index in [1.807, 2.05) is 12.3 Å². The minimum absolute atomic E-state index is 0.0198. The maximum Gasteiger partial charge on any atom is 0.258 e. The van der Waals surface area contributed by atoms with Crippen molar-refractivity contribution < 1.29 is 4.52 Å². The molecule has 1 atom stereocenters. The van der Waals surface area contributed by atoms with E-state index in [2.05, 4.69) is 20.0 Å². The molecule has 1 saturated heterocycles. The molecule has 1 fully saturated rings. The lowest BCUT2D eigenvalue weighted by atomic mass is 9.97. The first-order valence-corrected chi connectivity index (χ1v) is 8.55. The van der Waals surface area contributed by atoms with E-state index in [0.29, 0.717) is 12.4 Å². The number of aryl methyl sites for hydroxylation is 1. The smallest absolute Gasteiger partial charge is 0.258 e. The molecular weight excluding hydrogens is 314 g/mol. The van der Waals surface area contributed by atoms with Crippen molar-refractivity contribution in [3.05, 3.63) is 45.4 Å². The molecule has 0 aliphatic carbocycles. The molecule has 23 heavy (non-hydrogen) atoms. The van der Waals surface area contributed by atoms with Crippen LogP contribution in [-0.2, 0) is 6.54 Å². The highest BCUT2D eigenvalue weighted by Gasteiger charge is 2.25. The number of piperidine rings is 1. The summed E-state index contributed by atoms with van der Waals surface area (Å²) in [5.74, 6) is 1.68. The second-order valence-electron chi connectivity index (χ2n) is 5.89. The van der Waals surface area contributed by atoms with E-state index in [4.69, 9.17) is 4.52 Å². The molecule has 4 rings (SSSR count). The number of hydrogen-bond donors (Lipinski definition) is 0. The molecule has 0 N–H and O–H groups in total. The van der Waals surface area contributed by atoms with Gasteiger partial charge in [0.15, 0.2) is 10.8 Å². The summed E-state index contributed by atoms with van der Waals surface area (Å²) in [5.41, 5.74) is 0.802. The molecule has 0 amide bonds. The first kappa shape index (κ1) is 14.5. The molecule has 1 aliphatic rings. The van der Waals surface area contributed by atoms with Crippen molar-refractivity contribution >= 4 is 16.3 Å². The number of likely N-dealkylation sites (tertiary alicyclic amines) is 1. The maximum atomic E-state index is 12.1. The van der Waals surface area contributed by atoms with Crippen molar-refractivity contribution in [1.82, 2.24) is 24.4 Å². The summed E-state index contributed by atoms with van der Waals surface area (Å²) in [6, 6.07) is 1.63. The first-order valence-electron chi connectivity index (χ1n) is 7.67. The molecule has 4 heterocycles. The molecule has 0 spiro atoms. The van der Waals surface area contributed by atoms with Crippen LogP contribution in [0.2, 0.25) is 0 Å². The molecule has 8 heteroatoms. The fourth-order valence-electron chi connectivity index (χ4n) is 3.09. The van der Waals surface area contributed by atoms with Crippen LogP contribution in [0.1, 0.15) is 36.2 Å². The monoisotopic (exact) mass is 331 g/mol. The summed E-state index contributed by atoms with van der Waals surface area (Å²) in [4.78, 5) is 24.1. The van der Waals surface area contributed by atoms with Gasteiger partial charge >= 0.3 is 0 Å². The van der Waals surface area contributed by atoms with E-state index in [1.165, 1.54) is 11.3 Å². The van der Waals surface area contributed by atoms with E-state index >= 15 is 0 Å².